The molecule has 2 saturated heterocycles. The number of unbranched alkanes of at least 4 members (excludes halogenated alkanes) is 9. The van der Waals surface area contributed by atoms with Gasteiger partial charge >= 0.3 is 6.03 Å². The van der Waals surface area contributed by atoms with Crippen molar-refractivity contribution in [3.05, 3.63) is 31.2 Å². The number of ether oxygens (including phenoxy) is 7. The third-order valence-corrected chi connectivity index (χ3v) is 10.8. The summed E-state index contributed by atoms with van der Waals surface area (Å²) in [5.74, 6) is 1.98. The Labute approximate surface area is 339 Å². The largest absolute Gasteiger partial charge is 0.491 e. The second kappa shape index (κ2) is 32.2. The maximum Gasteiger partial charge on any atom is 0.315 e. The summed E-state index contributed by atoms with van der Waals surface area (Å²) in [7, 11) is 0. The van der Waals surface area contributed by atoms with E-state index in [1.165, 1.54) is 44.9 Å². The summed E-state index contributed by atoms with van der Waals surface area (Å²) >= 11 is 1.89. The molecule has 1 aromatic carbocycles. The molecule has 1 radical (unpaired) electrons. The lowest BCUT2D eigenvalue weighted by molar-refractivity contribution is -0.123. The smallest absolute Gasteiger partial charge is 0.315 e. The first-order valence-electron chi connectivity index (χ1n) is 20.8. The standard InChI is InChI=1S/C41H69N4O10S/c1-2-3-4-5-6-7-8-9-12-21-49-24-27-52-28-29-53-30-31-54-34-15-17-35(18-16-34)55-32-39(47)43-20-23-51-26-25-50-22-19-42-38(46)14-11-10-13-37-40-36(33-56-37)44-41(48)45-40/h15-18,36-37,40H,1-14,19-33H2,(H,42,46)(H,43,47)(H2,44,45,48)/t36?,37-,40?/m0/s1. The van der Waals surface area contributed by atoms with Gasteiger partial charge in [0.1, 0.15) is 18.1 Å². The van der Waals surface area contributed by atoms with Crippen molar-refractivity contribution in [1.29, 1.82) is 0 Å². The van der Waals surface area contributed by atoms with Crippen molar-refractivity contribution in [2.75, 3.05) is 98.1 Å². The zero-order chi connectivity index (χ0) is 39.7. The first kappa shape index (κ1) is 47.6. The number of urea groups is 1. The maximum atomic E-state index is 12.1. The van der Waals surface area contributed by atoms with Gasteiger partial charge in [-0.05, 0) is 43.5 Å². The molecule has 319 valence electrons. The summed E-state index contributed by atoms with van der Waals surface area (Å²) < 4.78 is 39.1. The molecule has 2 aliphatic heterocycles. The Bertz CT molecular complexity index is 1170. The van der Waals surface area contributed by atoms with Gasteiger partial charge in [-0.3, -0.25) is 9.59 Å². The fourth-order valence-corrected chi connectivity index (χ4v) is 7.79. The monoisotopic (exact) mass is 809 g/mol. The number of rotatable bonds is 37. The zero-order valence-corrected chi connectivity index (χ0v) is 34.4. The highest BCUT2D eigenvalue weighted by molar-refractivity contribution is 8.00. The Morgan fingerprint density at radius 2 is 1.16 bits per heavy atom. The Hall–Kier alpha value is -2.82. The molecule has 2 unspecified atom stereocenters. The second-order valence-corrected chi connectivity index (χ2v) is 15.2. The van der Waals surface area contributed by atoms with E-state index in [2.05, 4.69) is 28.2 Å². The SMILES string of the molecule is [CH2]CCCCCCCCCCOCCOCCOCCOc1ccc(OCC(=O)NCCOCCOCCNC(=O)CCCC[C@@H]2SCC3NC(=O)NC32)cc1. The number of hydrogen-bond donors (Lipinski definition) is 4. The number of carbonyl (C=O) groups excluding carboxylic acids is 3. The molecule has 4 N–H and O–H groups in total. The minimum atomic E-state index is -0.243. The van der Waals surface area contributed by atoms with Gasteiger partial charge in [0.2, 0.25) is 5.91 Å². The van der Waals surface area contributed by atoms with E-state index in [1.54, 1.807) is 24.3 Å². The number of fused-ring (bicyclic) bond motifs is 1. The molecule has 0 aliphatic carbocycles. The van der Waals surface area contributed by atoms with Crippen LogP contribution in [0.4, 0.5) is 4.79 Å². The van der Waals surface area contributed by atoms with Crippen LogP contribution in [0.3, 0.4) is 0 Å². The third kappa shape index (κ3) is 23.4. The number of carbonyl (C=O) groups is 3. The van der Waals surface area contributed by atoms with Crippen LogP contribution in [0.25, 0.3) is 0 Å². The quantitative estimate of drug-likeness (QED) is 0.0538. The van der Waals surface area contributed by atoms with Crippen LogP contribution in [0.2, 0.25) is 0 Å². The lowest BCUT2D eigenvalue weighted by Crippen LogP contribution is -2.36. The summed E-state index contributed by atoms with van der Waals surface area (Å²) in [4.78, 5) is 35.7. The van der Waals surface area contributed by atoms with Crippen molar-refractivity contribution in [2.24, 2.45) is 0 Å². The molecule has 0 bridgehead atoms. The molecule has 3 atom stereocenters. The molecule has 1 aromatic rings. The van der Waals surface area contributed by atoms with Crippen molar-refractivity contribution in [1.82, 2.24) is 21.3 Å². The topological polar surface area (TPSA) is 164 Å². The Morgan fingerprint density at radius 1 is 0.625 bits per heavy atom. The molecular weight excluding hydrogens is 741 g/mol. The first-order chi connectivity index (χ1) is 27.5. The fraction of sp³-hybridized carbons (Fsp3) is 0.756. The van der Waals surface area contributed by atoms with Crippen LogP contribution >= 0.6 is 11.8 Å². The van der Waals surface area contributed by atoms with Crippen LogP contribution in [-0.4, -0.2) is 133 Å². The molecule has 2 heterocycles. The lowest BCUT2D eigenvalue weighted by Gasteiger charge is -2.16. The van der Waals surface area contributed by atoms with E-state index >= 15 is 0 Å². The summed E-state index contributed by atoms with van der Waals surface area (Å²) in [6.45, 7) is 10.0. The molecule has 56 heavy (non-hydrogen) atoms. The van der Waals surface area contributed by atoms with E-state index in [9.17, 15) is 14.4 Å². The highest BCUT2D eigenvalue weighted by Crippen LogP contribution is 2.33. The molecule has 15 heteroatoms. The number of amides is 4. The average molecular weight is 810 g/mol. The average Bonchev–Trinajstić information content (AvgIpc) is 3.76. The summed E-state index contributed by atoms with van der Waals surface area (Å²) in [5.41, 5.74) is 0. The van der Waals surface area contributed by atoms with Crippen LogP contribution in [0.5, 0.6) is 11.5 Å². The number of thioether (sulfide) groups is 1. The summed E-state index contributed by atoms with van der Waals surface area (Å²) in [6, 6.07) is 7.46. The van der Waals surface area contributed by atoms with Gasteiger partial charge in [0, 0.05) is 37.1 Å². The molecule has 14 nitrogen and oxygen atoms in total. The molecule has 4 amide bonds. The van der Waals surface area contributed by atoms with Gasteiger partial charge in [0.05, 0.1) is 71.5 Å². The van der Waals surface area contributed by atoms with Crippen LogP contribution in [0, 0.1) is 6.92 Å². The van der Waals surface area contributed by atoms with Crippen LogP contribution in [0.15, 0.2) is 24.3 Å². The van der Waals surface area contributed by atoms with Gasteiger partial charge in [0.25, 0.3) is 5.91 Å². The van der Waals surface area contributed by atoms with Gasteiger partial charge in [-0.2, -0.15) is 11.8 Å². The molecular formula is C41H69N4O10S. The Balaban J connectivity index is 1.00. The van der Waals surface area contributed by atoms with E-state index in [4.69, 9.17) is 33.2 Å². The van der Waals surface area contributed by atoms with Crippen molar-refractivity contribution in [2.45, 2.75) is 101 Å². The molecule has 3 rings (SSSR count). The van der Waals surface area contributed by atoms with Gasteiger partial charge in [-0.25, -0.2) is 4.79 Å². The predicted molar refractivity (Wildman–Crippen MR) is 218 cm³/mol. The number of hydrogen-bond acceptors (Lipinski definition) is 11. The van der Waals surface area contributed by atoms with Crippen LogP contribution in [0.1, 0.15) is 83.5 Å². The van der Waals surface area contributed by atoms with Gasteiger partial charge in [-0.15, -0.1) is 0 Å². The van der Waals surface area contributed by atoms with Gasteiger partial charge in [-0.1, -0.05) is 64.7 Å². The zero-order valence-electron chi connectivity index (χ0n) is 33.5. The number of nitrogens with one attached hydrogen (secondary N) is 4. The highest BCUT2D eigenvalue weighted by atomic mass is 32.2. The van der Waals surface area contributed by atoms with Crippen molar-refractivity contribution in [3.63, 3.8) is 0 Å². The van der Waals surface area contributed by atoms with Gasteiger partial charge in [0.15, 0.2) is 6.61 Å². The van der Waals surface area contributed by atoms with E-state index in [0.717, 1.165) is 44.5 Å². The molecule has 0 aromatic heterocycles. The van der Waals surface area contributed by atoms with E-state index in [0.29, 0.717) is 102 Å². The van der Waals surface area contributed by atoms with E-state index < -0.39 is 0 Å². The summed E-state index contributed by atoms with van der Waals surface area (Å²) in [5, 5.41) is 12.0. The lowest BCUT2D eigenvalue weighted by atomic mass is 10.0. The van der Waals surface area contributed by atoms with Crippen molar-refractivity contribution >= 4 is 29.6 Å². The van der Waals surface area contributed by atoms with Crippen LogP contribution in [-0.2, 0) is 33.3 Å². The molecule has 0 saturated carbocycles. The molecule has 2 aliphatic rings. The minimum absolute atomic E-state index is 0.0215. The number of benzene rings is 1. The molecule has 2 fully saturated rings. The fourth-order valence-electron chi connectivity index (χ4n) is 6.24. The van der Waals surface area contributed by atoms with Crippen molar-refractivity contribution in [3.8, 4) is 11.5 Å². The van der Waals surface area contributed by atoms with Crippen molar-refractivity contribution < 1.29 is 47.5 Å². The first-order valence-corrected chi connectivity index (χ1v) is 21.9. The minimum Gasteiger partial charge on any atom is -0.491 e. The highest BCUT2D eigenvalue weighted by Gasteiger charge is 2.42. The van der Waals surface area contributed by atoms with E-state index in [1.807, 2.05) is 11.8 Å². The summed E-state index contributed by atoms with van der Waals surface area (Å²) in [6.07, 6.45) is 14.6. The normalized spacial score (nSPS) is 17.3. The third-order valence-electron chi connectivity index (χ3n) is 9.31. The van der Waals surface area contributed by atoms with E-state index in [-0.39, 0.29) is 36.5 Å². The van der Waals surface area contributed by atoms with Gasteiger partial charge < -0.3 is 54.4 Å². The predicted octanol–water partition coefficient (Wildman–Crippen LogP) is 4.83. The van der Waals surface area contributed by atoms with Crippen LogP contribution < -0.4 is 30.7 Å². The maximum absolute atomic E-state index is 12.1. The Kier molecular flexibility index (Phi) is 27.3. The molecule has 0 spiro atoms. The Morgan fingerprint density at radius 3 is 1.80 bits per heavy atom. The second-order valence-electron chi connectivity index (χ2n) is 13.9.